The third kappa shape index (κ3) is 5.88. The number of thiophene rings is 1. The largest absolute Gasteiger partial charge is 0.454 e. The van der Waals surface area contributed by atoms with Crippen LogP contribution < -0.4 is 10.6 Å². The van der Waals surface area contributed by atoms with E-state index in [1.54, 1.807) is 42.6 Å². The van der Waals surface area contributed by atoms with E-state index < -0.39 is 18.5 Å². The van der Waals surface area contributed by atoms with Crippen molar-refractivity contribution >= 4 is 40.7 Å². The lowest BCUT2D eigenvalue weighted by Gasteiger charge is -2.15. The molecule has 132 valence electrons. The van der Waals surface area contributed by atoms with Crippen LogP contribution in [0.15, 0.2) is 41.8 Å². The van der Waals surface area contributed by atoms with Crippen molar-refractivity contribution in [2.45, 2.75) is 13.0 Å². The molecule has 0 bridgehead atoms. The zero-order chi connectivity index (χ0) is 18.2. The summed E-state index contributed by atoms with van der Waals surface area (Å²) in [5.74, 6) is -1.50. The number of benzene rings is 1. The average Bonchev–Trinajstić information content (AvgIpc) is 3.12. The molecule has 0 aliphatic heterocycles. The quantitative estimate of drug-likeness (QED) is 0.723. The van der Waals surface area contributed by atoms with Gasteiger partial charge in [-0.15, -0.1) is 11.3 Å². The zero-order valence-electron chi connectivity index (χ0n) is 13.5. The van der Waals surface area contributed by atoms with Crippen LogP contribution in [-0.2, 0) is 14.3 Å². The first-order chi connectivity index (χ1) is 12.0. The molecule has 2 rings (SSSR count). The summed E-state index contributed by atoms with van der Waals surface area (Å²) < 4.78 is 4.84. The SMILES string of the molecule is C[C@H](NC(=O)COC(=O)CNC(=O)c1cccs1)c1ccccc1Cl. The minimum atomic E-state index is -0.689. The number of halogens is 1. The second-order valence-corrected chi connectivity index (χ2v) is 6.49. The van der Waals surface area contributed by atoms with Crippen molar-refractivity contribution in [3.63, 3.8) is 0 Å². The van der Waals surface area contributed by atoms with Crippen LogP contribution >= 0.6 is 22.9 Å². The molecule has 8 heteroatoms. The standard InChI is InChI=1S/C17H17ClN2O4S/c1-11(12-5-2-3-6-13(12)18)20-15(21)10-24-16(22)9-19-17(23)14-7-4-8-25-14/h2-8,11H,9-10H2,1H3,(H,19,23)(H,20,21)/t11-/m0/s1. The highest BCUT2D eigenvalue weighted by molar-refractivity contribution is 7.12. The van der Waals surface area contributed by atoms with Gasteiger partial charge in [-0.25, -0.2) is 0 Å². The number of ether oxygens (including phenoxy) is 1. The van der Waals surface area contributed by atoms with E-state index in [0.717, 1.165) is 5.56 Å². The van der Waals surface area contributed by atoms with Crippen molar-refractivity contribution in [2.24, 2.45) is 0 Å². The lowest BCUT2D eigenvalue weighted by molar-refractivity contribution is -0.147. The fourth-order valence-electron chi connectivity index (χ4n) is 2.03. The van der Waals surface area contributed by atoms with Crippen molar-refractivity contribution in [3.05, 3.63) is 57.2 Å². The van der Waals surface area contributed by atoms with Crippen LogP contribution in [0.1, 0.15) is 28.2 Å². The van der Waals surface area contributed by atoms with Crippen LogP contribution in [0.2, 0.25) is 5.02 Å². The van der Waals surface area contributed by atoms with Gasteiger partial charge in [0.25, 0.3) is 11.8 Å². The fourth-order valence-corrected chi connectivity index (χ4v) is 2.97. The summed E-state index contributed by atoms with van der Waals surface area (Å²) in [5.41, 5.74) is 0.770. The number of esters is 1. The first-order valence-electron chi connectivity index (χ1n) is 7.48. The van der Waals surface area contributed by atoms with Gasteiger partial charge in [0, 0.05) is 5.02 Å². The monoisotopic (exact) mass is 380 g/mol. The van der Waals surface area contributed by atoms with E-state index in [1.165, 1.54) is 11.3 Å². The second kappa shape index (κ2) is 9.19. The van der Waals surface area contributed by atoms with Gasteiger partial charge in [0.2, 0.25) is 0 Å². The molecule has 0 saturated carbocycles. The molecule has 6 nitrogen and oxygen atoms in total. The minimum Gasteiger partial charge on any atom is -0.454 e. The Morgan fingerprint density at radius 1 is 1.20 bits per heavy atom. The van der Waals surface area contributed by atoms with Crippen LogP contribution in [0.4, 0.5) is 0 Å². The maximum atomic E-state index is 11.9. The van der Waals surface area contributed by atoms with Gasteiger partial charge in [-0.2, -0.15) is 0 Å². The van der Waals surface area contributed by atoms with Gasteiger partial charge >= 0.3 is 5.97 Å². The highest BCUT2D eigenvalue weighted by atomic mass is 35.5. The van der Waals surface area contributed by atoms with Crippen LogP contribution in [0.5, 0.6) is 0 Å². The molecule has 1 aromatic heterocycles. The summed E-state index contributed by atoms with van der Waals surface area (Å²) in [6, 6.07) is 10.2. The summed E-state index contributed by atoms with van der Waals surface area (Å²) >= 11 is 7.33. The van der Waals surface area contributed by atoms with Crippen molar-refractivity contribution < 1.29 is 19.1 Å². The maximum Gasteiger partial charge on any atom is 0.325 e. The normalized spacial score (nSPS) is 11.4. The molecule has 0 aliphatic rings. The first-order valence-corrected chi connectivity index (χ1v) is 8.74. The number of hydrogen-bond acceptors (Lipinski definition) is 5. The van der Waals surface area contributed by atoms with E-state index in [4.69, 9.17) is 16.3 Å². The predicted octanol–water partition coefficient (Wildman–Crippen LogP) is 2.55. The lowest BCUT2D eigenvalue weighted by atomic mass is 10.1. The number of nitrogens with one attached hydrogen (secondary N) is 2. The van der Waals surface area contributed by atoms with Gasteiger partial charge in [0.05, 0.1) is 10.9 Å². The molecule has 0 radical (unpaired) electrons. The van der Waals surface area contributed by atoms with Crippen molar-refractivity contribution in [2.75, 3.05) is 13.2 Å². The van der Waals surface area contributed by atoms with Gasteiger partial charge < -0.3 is 15.4 Å². The molecule has 0 fully saturated rings. The molecule has 25 heavy (non-hydrogen) atoms. The number of hydrogen-bond donors (Lipinski definition) is 2. The number of carbonyl (C=O) groups is 3. The van der Waals surface area contributed by atoms with Gasteiger partial charge in [0.15, 0.2) is 6.61 Å². The van der Waals surface area contributed by atoms with E-state index in [-0.39, 0.29) is 18.5 Å². The molecule has 0 spiro atoms. The average molecular weight is 381 g/mol. The van der Waals surface area contributed by atoms with Gasteiger partial charge in [-0.05, 0) is 30.0 Å². The van der Waals surface area contributed by atoms with E-state index in [9.17, 15) is 14.4 Å². The third-order valence-corrected chi connectivity index (χ3v) is 4.46. The number of carbonyl (C=O) groups excluding carboxylic acids is 3. The van der Waals surface area contributed by atoms with E-state index in [2.05, 4.69) is 10.6 Å². The van der Waals surface area contributed by atoms with Crippen LogP contribution in [0, 0.1) is 0 Å². The molecule has 2 N–H and O–H groups in total. The van der Waals surface area contributed by atoms with Crippen LogP contribution in [0.25, 0.3) is 0 Å². The molecule has 1 aromatic carbocycles. The van der Waals surface area contributed by atoms with Gasteiger partial charge in [-0.3, -0.25) is 14.4 Å². The van der Waals surface area contributed by atoms with E-state index in [0.29, 0.717) is 9.90 Å². The molecule has 2 aromatic rings. The second-order valence-electron chi connectivity index (χ2n) is 5.13. The molecular formula is C17H17ClN2O4S. The summed E-state index contributed by atoms with van der Waals surface area (Å²) in [6.07, 6.45) is 0. The smallest absolute Gasteiger partial charge is 0.325 e. The Hall–Kier alpha value is -2.38. The topological polar surface area (TPSA) is 84.5 Å². The molecule has 2 amide bonds. The molecule has 0 unspecified atom stereocenters. The lowest BCUT2D eigenvalue weighted by Crippen LogP contribution is -2.34. The fraction of sp³-hybridized carbons (Fsp3) is 0.235. The van der Waals surface area contributed by atoms with Gasteiger partial charge in [-0.1, -0.05) is 35.9 Å². The molecular weight excluding hydrogens is 364 g/mol. The summed E-state index contributed by atoms with van der Waals surface area (Å²) in [7, 11) is 0. The minimum absolute atomic E-state index is 0.302. The van der Waals surface area contributed by atoms with Crippen LogP contribution in [-0.4, -0.2) is 30.9 Å². The Labute approximate surface area is 154 Å². The Morgan fingerprint density at radius 2 is 1.96 bits per heavy atom. The first kappa shape index (κ1) is 19.0. The molecule has 0 aliphatic carbocycles. The Morgan fingerprint density at radius 3 is 2.64 bits per heavy atom. The third-order valence-electron chi connectivity index (χ3n) is 3.25. The Balaban J connectivity index is 1.71. The molecule has 1 atom stereocenters. The van der Waals surface area contributed by atoms with Crippen LogP contribution in [0.3, 0.4) is 0 Å². The molecule has 0 saturated heterocycles. The van der Waals surface area contributed by atoms with Gasteiger partial charge in [0.1, 0.15) is 6.54 Å². The predicted molar refractivity (Wildman–Crippen MR) is 95.6 cm³/mol. The van der Waals surface area contributed by atoms with Crippen molar-refractivity contribution in [1.29, 1.82) is 0 Å². The Kier molecular flexibility index (Phi) is 6.97. The zero-order valence-corrected chi connectivity index (χ0v) is 15.0. The van der Waals surface area contributed by atoms with Crippen molar-refractivity contribution in [1.82, 2.24) is 10.6 Å². The molecule has 1 heterocycles. The Bertz CT molecular complexity index is 749. The number of rotatable bonds is 7. The maximum absolute atomic E-state index is 11.9. The summed E-state index contributed by atoms with van der Waals surface area (Å²) in [6.45, 7) is 1.05. The van der Waals surface area contributed by atoms with E-state index >= 15 is 0 Å². The van der Waals surface area contributed by atoms with E-state index in [1.807, 2.05) is 6.07 Å². The summed E-state index contributed by atoms with van der Waals surface area (Å²) in [5, 5.41) is 7.43. The highest BCUT2D eigenvalue weighted by Gasteiger charge is 2.14. The highest BCUT2D eigenvalue weighted by Crippen LogP contribution is 2.21. The van der Waals surface area contributed by atoms with Crippen molar-refractivity contribution in [3.8, 4) is 0 Å². The summed E-state index contributed by atoms with van der Waals surface area (Å²) in [4.78, 5) is 35.6. The number of amides is 2.